The number of piperidine rings is 1. The summed E-state index contributed by atoms with van der Waals surface area (Å²) in [6.07, 6.45) is 2.36. The number of aromatic nitrogens is 2. The zero-order valence-corrected chi connectivity index (χ0v) is 16.4. The summed E-state index contributed by atoms with van der Waals surface area (Å²) in [5.74, 6) is 0.769. The predicted octanol–water partition coefficient (Wildman–Crippen LogP) is 4.52. The number of benzene rings is 2. The molecule has 0 aliphatic carbocycles. The van der Waals surface area contributed by atoms with Crippen LogP contribution in [0.15, 0.2) is 57.8 Å². The van der Waals surface area contributed by atoms with Gasteiger partial charge in [-0.15, -0.1) is 0 Å². The minimum Gasteiger partial charge on any atom is -0.284 e. The summed E-state index contributed by atoms with van der Waals surface area (Å²) in [6, 6.07) is 15.8. The first-order valence-corrected chi connectivity index (χ1v) is 9.89. The Morgan fingerprint density at radius 1 is 1.04 bits per heavy atom. The highest BCUT2D eigenvalue weighted by Gasteiger charge is 2.18. The van der Waals surface area contributed by atoms with E-state index in [9.17, 15) is 4.79 Å². The van der Waals surface area contributed by atoms with Gasteiger partial charge in [-0.2, -0.15) is 5.10 Å². The number of hydrogen-bond acceptors (Lipinski definition) is 3. The standard InChI is InChI=1S/C21H22BrN3O/c1-15-10-12-24(13-11-15)14-25-21(26)19-5-3-2-4-18(19)20(23-25)16-6-8-17(22)9-7-16/h2-9,15H,10-14H2,1H3. The summed E-state index contributed by atoms with van der Waals surface area (Å²) >= 11 is 3.48. The molecule has 3 aromatic rings. The molecule has 5 heteroatoms. The molecule has 0 spiro atoms. The first-order chi connectivity index (χ1) is 12.6. The second-order valence-corrected chi connectivity index (χ2v) is 8.06. The SMILES string of the molecule is CC1CCN(Cn2nc(-c3ccc(Br)cc3)c3ccccc3c2=O)CC1. The van der Waals surface area contributed by atoms with E-state index in [0.29, 0.717) is 6.67 Å². The van der Waals surface area contributed by atoms with Crippen LogP contribution in [0.5, 0.6) is 0 Å². The van der Waals surface area contributed by atoms with E-state index in [0.717, 1.165) is 45.5 Å². The maximum absolute atomic E-state index is 13.0. The molecule has 26 heavy (non-hydrogen) atoms. The lowest BCUT2D eigenvalue weighted by molar-refractivity contribution is 0.144. The fourth-order valence-electron chi connectivity index (χ4n) is 3.54. The Labute approximate surface area is 161 Å². The lowest BCUT2D eigenvalue weighted by atomic mass is 10.00. The van der Waals surface area contributed by atoms with Gasteiger partial charge >= 0.3 is 0 Å². The molecule has 0 N–H and O–H groups in total. The van der Waals surface area contributed by atoms with E-state index in [4.69, 9.17) is 5.10 Å². The van der Waals surface area contributed by atoms with Crippen LogP contribution in [0.2, 0.25) is 0 Å². The summed E-state index contributed by atoms with van der Waals surface area (Å²) in [4.78, 5) is 15.3. The molecule has 0 radical (unpaired) electrons. The first-order valence-electron chi connectivity index (χ1n) is 9.10. The van der Waals surface area contributed by atoms with E-state index in [1.807, 2.05) is 48.5 Å². The third-order valence-electron chi connectivity index (χ3n) is 5.20. The Morgan fingerprint density at radius 3 is 2.38 bits per heavy atom. The highest BCUT2D eigenvalue weighted by molar-refractivity contribution is 9.10. The second-order valence-electron chi connectivity index (χ2n) is 7.15. The van der Waals surface area contributed by atoms with E-state index in [2.05, 4.69) is 27.8 Å². The van der Waals surface area contributed by atoms with Crippen LogP contribution in [0, 0.1) is 5.92 Å². The number of halogens is 1. The van der Waals surface area contributed by atoms with Gasteiger partial charge in [-0.05, 0) is 37.0 Å². The minimum absolute atomic E-state index is 0.0138. The van der Waals surface area contributed by atoms with Gasteiger partial charge in [-0.1, -0.05) is 53.2 Å². The van der Waals surface area contributed by atoms with Crippen LogP contribution in [-0.2, 0) is 6.67 Å². The molecular formula is C21H22BrN3O. The largest absolute Gasteiger partial charge is 0.284 e. The minimum atomic E-state index is -0.0138. The van der Waals surface area contributed by atoms with E-state index in [1.54, 1.807) is 4.68 Å². The molecule has 1 aromatic heterocycles. The summed E-state index contributed by atoms with van der Waals surface area (Å²) in [7, 11) is 0. The monoisotopic (exact) mass is 411 g/mol. The van der Waals surface area contributed by atoms with Gasteiger partial charge in [-0.25, -0.2) is 4.68 Å². The number of nitrogens with zero attached hydrogens (tertiary/aromatic N) is 3. The molecule has 1 aliphatic heterocycles. The molecule has 4 rings (SSSR count). The van der Waals surface area contributed by atoms with Crippen molar-refractivity contribution < 1.29 is 0 Å². The normalized spacial score (nSPS) is 16.2. The molecule has 2 aromatic carbocycles. The number of rotatable bonds is 3. The van der Waals surface area contributed by atoms with Crippen molar-refractivity contribution in [1.29, 1.82) is 0 Å². The Hall–Kier alpha value is -1.98. The summed E-state index contributed by atoms with van der Waals surface area (Å²) in [5.41, 5.74) is 1.86. The molecule has 1 saturated heterocycles. The van der Waals surface area contributed by atoms with Crippen molar-refractivity contribution in [2.45, 2.75) is 26.4 Å². The lowest BCUT2D eigenvalue weighted by Crippen LogP contribution is -2.38. The van der Waals surface area contributed by atoms with Gasteiger partial charge in [0.1, 0.15) is 0 Å². The van der Waals surface area contributed by atoms with Gasteiger partial charge < -0.3 is 0 Å². The highest BCUT2D eigenvalue weighted by Crippen LogP contribution is 2.26. The maximum Gasteiger partial charge on any atom is 0.275 e. The van der Waals surface area contributed by atoms with Gasteiger partial charge in [0, 0.05) is 28.5 Å². The fourth-order valence-corrected chi connectivity index (χ4v) is 3.81. The zero-order valence-electron chi connectivity index (χ0n) is 14.9. The number of fused-ring (bicyclic) bond motifs is 1. The van der Waals surface area contributed by atoms with Crippen molar-refractivity contribution in [1.82, 2.24) is 14.7 Å². The first kappa shape index (κ1) is 17.4. The molecule has 0 amide bonds. The van der Waals surface area contributed by atoms with Crippen molar-refractivity contribution in [2.24, 2.45) is 5.92 Å². The van der Waals surface area contributed by atoms with Crippen molar-refractivity contribution in [3.8, 4) is 11.3 Å². The molecule has 0 bridgehead atoms. The molecule has 1 fully saturated rings. The zero-order chi connectivity index (χ0) is 18.1. The quantitative estimate of drug-likeness (QED) is 0.635. The molecule has 1 aliphatic rings. The van der Waals surface area contributed by atoms with Gasteiger partial charge in [0.15, 0.2) is 0 Å². The Morgan fingerprint density at radius 2 is 1.69 bits per heavy atom. The van der Waals surface area contributed by atoms with Crippen LogP contribution in [0.3, 0.4) is 0 Å². The average molecular weight is 412 g/mol. The Kier molecular flexibility index (Phi) is 4.92. The van der Waals surface area contributed by atoms with Crippen molar-refractivity contribution in [2.75, 3.05) is 13.1 Å². The Bertz CT molecular complexity index is 973. The maximum atomic E-state index is 13.0. The molecule has 0 saturated carbocycles. The summed E-state index contributed by atoms with van der Waals surface area (Å²) < 4.78 is 2.66. The van der Waals surface area contributed by atoms with E-state index >= 15 is 0 Å². The van der Waals surface area contributed by atoms with Crippen LogP contribution in [0.4, 0.5) is 0 Å². The Balaban J connectivity index is 1.79. The average Bonchev–Trinajstić information content (AvgIpc) is 2.67. The second kappa shape index (κ2) is 7.33. The van der Waals surface area contributed by atoms with Crippen molar-refractivity contribution in [3.63, 3.8) is 0 Å². The number of likely N-dealkylation sites (tertiary alicyclic amines) is 1. The third-order valence-corrected chi connectivity index (χ3v) is 5.72. The molecular weight excluding hydrogens is 390 g/mol. The molecule has 2 heterocycles. The van der Waals surface area contributed by atoms with E-state index in [-0.39, 0.29) is 5.56 Å². The molecule has 0 unspecified atom stereocenters. The van der Waals surface area contributed by atoms with Crippen molar-refractivity contribution in [3.05, 3.63) is 63.4 Å². The van der Waals surface area contributed by atoms with Crippen LogP contribution in [0.1, 0.15) is 19.8 Å². The van der Waals surface area contributed by atoms with Crippen LogP contribution >= 0.6 is 15.9 Å². The third kappa shape index (κ3) is 3.46. The highest BCUT2D eigenvalue weighted by atomic mass is 79.9. The molecule has 4 nitrogen and oxygen atoms in total. The predicted molar refractivity (Wildman–Crippen MR) is 109 cm³/mol. The van der Waals surface area contributed by atoms with Crippen LogP contribution in [0.25, 0.3) is 22.0 Å². The van der Waals surface area contributed by atoms with Crippen LogP contribution in [-0.4, -0.2) is 27.8 Å². The summed E-state index contributed by atoms with van der Waals surface area (Å²) in [6.45, 7) is 4.90. The van der Waals surface area contributed by atoms with E-state index in [1.165, 1.54) is 12.8 Å². The van der Waals surface area contributed by atoms with Crippen molar-refractivity contribution >= 4 is 26.7 Å². The smallest absolute Gasteiger partial charge is 0.275 e. The summed E-state index contributed by atoms with van der Waals surface area (Å²) in [5, 5.41) is 6.39. The van der Waals surface area contributed by atoms with Crippen LogP contribution < -0.4 is 5.56 Å². The number of hydrogen-bond donors (Lipinski definition) is 0. The lowest BCUT2D eigenvalue weighted by Gasteiger charge is -2.30. The molecule has 0 atom stereocenters. The van der Waals surface area contributed by atoms with Gasteiger partial charge in [0.2, 0.25) is 0 Å². The topological polar surface area (TPSA) is 38.1 Å². The van der Waals surface area contributed by atoms with Gasteiger partial charge in [-0.3, -0.25) is 9.69 Å². The van der Waals surface area contributed by atoms with E-state index < -0.39 is 0 Å². The van der Waals surface area contributed by atoms with Gasteiger partial charge in [0.05, 0.1) is 17.7 Å². The van der Waals surface area contributed by atoms with Gasteiger partial charge in [0.25, 0.3) is 5.56 Å². The fraction of sp³-hybridized carbons (Fsp3) is 0.333. The molecule has 134 valence electrons.